The van der Waals surface area contributed by atoms with Gasteiger partial charge in [-0.1, -0.05) is 26.2 Å². The van der Waals surface area contributed by atoms with E-state index in [1.807, 2.05) is 0 Å². The SMILES string of the molecule is CCCN(C(=O)C(F)(F)F)C1CCCCC1. The van der Waals surface area contributed by atoms with E-state index in [4.69, 9.17) is 0 Å². The Morgan fingerprint density at radius 2 is 1.81 bits per heavy atom. The van der Waals surface area contributed by atoms with Gasteiger partial charge in [0.15, 0.2) is 0 Å². The molecule has 0 aliphatic heterocycles. The summed E-state index contributed by atoms with van der Waals surface area (Å²) in [6.07, 6.45) is 0.178. The van der Waals surface area contributed by atoms with Crippen LogP contribution in [-0.2, 0) is 4.79 Å². The molecule has 1 saturated carbocycles. The minimum Gasteiger partial charge on any atom is -0.332 e. The monoisotopic (exact) mass is 237 g/mol. The van der Waals surface area contributed by atoms with Gasteiger partial charge < -0.3 is 4.90 Å². The number of hydrogen-bond acceptors (Lipinski definition) is 1. The molecule has 5 heteroatoms. The molecule has 94 valence electrons. The zero-order valence-electron chi connectivity index (χ0n) is 9.52. The highest BCUT2D eigenvalue weighted by Gasteiger charge is 2.44. The summed E-state index contributed by atoms with van der Waals surface area (Å²) in [5, 5.41) is 0. The van der Waals surface area contributed by atoms with E-state index in [1.54, 1.807) is 6.92 Å². The van der Waals surface area contributed by atoms with Crippen LogP contribution in [0.1, 0.15) is 45.4 Å². The quantitative estimate of drug-likeness (QED) is 0.738. The van der Waals surface area contributed by atoms with E-state index in [0.717, 1.165) is 24.2 Å². The Hall–Kier alpha value is -0.740. The van der Waals surface area contributed by atoms with Crippen LogP contribution in [0, 0.1) is 0 Å². The van der Waals surface area contributed by atoms with Crippen molar-refractivity contribution in [1.82, 2.24) is 4.90 Å². The normalized spacial score (nSPS) is 18.5. The second-order valence-electron chi connectivity index (χ2n) is 4.29. The van der Waals surface area contributed by atoms with Crippen molar-refractivity contribution in [3.05, 3.63) is 0 Å². The number of amides is 1. The fourth-order valence-electron chi connectivity index (χ4n) is 2.25. The van der Waals surface area contributed by atoms with E-state index < -0.39 is 12.1 Å². The van der Waals surface area contributed by atoms with Gasteiger partial charge in [-0.3, -0.25) is 4.79 Å². The molecular weight excluding hydrogens is 219 g/mol. The summed E-state index contributed by atoms with van der Waals surface area (Å²) < 4.78 is 37.2. The first-order chi connectivity index (χ1) is 7.46. The van der Waals surface area contributed by atoms with Crippen molar-refractivity contribution >= 4 is 5.91 Å². The van der Waals surface area contributed by atoms with Crippen LogP contribution in [0.4, 0.5) is 13.2 Å². The summed E-state index contributed by atoms with van der Waals surface area (Å²) in [7, 11) is 0. The standard InChI is InChI=1S/C11H18F3NO/c1-2-8-15(10(16)11(12,13)14)9-6-4-3-5-7-9/h9H,2-8H2,1H3. The number of carbonyl (C=O) groups is 1. The van der Waals surface area contributed by atoms with Gasteiger partial charge >= 0.3 is 12.1 Å². The number of halogens is 3. The first-order valence-electron chi connectivity index (χ1n) is 5.84. The summed E-state index contributed by atoms with van der Waals surface area (Å²) in [6.45, 7) is 2.00. The van der Waals surface area contributed by atoms with Crippen LogP contribution in [0.15, 0.2) is 0 Å². The van der Waals surface area contributed by atoms with Crippen LogP contribution < -0.4 is 0 Å². The lowest BCUT2D eigenvalue weighted by atomic mass is 9.94. The molecule has 1 amide bonds. The largest absolute Gasteiger partial charge is 0.471 e. The van der Waals surface area contributed by atoms with Crippen molar-refractivity contribution in [2.75, 3.05) is 6.54 Å². The molecule has 0 bridgehead atoms. The van der Waals surface area contributed by atoms with E-state index in [-0.39, 0.29) is 12.6 Å². The molecule has 1 aliphatic rings. The predicted molar refractivity (Wildman–Crippen MR) is 54.9 cm³/mol. The molecule has 0 aromatic carbocycles. The molecular formula is C11H18F3NO. The molecule has 0 heterocycles. The molecule has 0 atom stereocenters. The van der Waals surface area contributed by atoms with Gasteiger partial charge in [0.25, 0.3) is 0 Å². The Balaban J connectivity index is 2.69. The van der Waals surface area contributed by atoms with Crippen molar-refractivity contribution in [1.29, 1.82) is 0 Å². The molecule has 0 aromatic heterocycles. The van der Waals surface area contributed by atoms with E-state index in [9.17, 15) is 18.0 Å². The van der Waals surface area contributed by atoms with Gasteiger partial charge in [-0.05, 0) is 19.3 Å². The third-order valence-corrected chi connectivity index (χ3v) is 2.98. The average Bonchev–Trinajstić information content (AvgIpc) is 2.25. The molecule has 0 N–H and O–H groups in total. The molecule has 2 nitrogen and oxygen atoms in total. The lowest BCUT2D eigenvalue weighted by Crippen LogP contribution is -2.48. The minimum atomic E-state index is -4.73. The molecule has 1 fully saturated rings. The minimum absolute atomic E-state index is 0.206. The molecule has 0 spiro atoms. The van der Waals surface area contributed by atoms with Crippen molar-refractivity contribution in [3.8, 4) is 0 Å². The Labute approximate surface area is 93.8 Å². The van der Waals surface area contributed by atoms with E-state index in [1.165, 1.54) is 0 Å². The zero-order valence-corrected chi connectivity index (χ0v) is 9.52. The molecule has 1 rings (SSSR count). The van der Waals surface area contributed by atoms with Crippen molar-refractivity contribution < 1.29 is 18.0 Å². The van der Waals surface area contributed by atoms with Gasteiger partial charge in [-0.25, -0.2) is 0 Å². The molecule has 1 aliphatic carbocycles. The van der Waals surface area contributed by atoms with Crippen LogP contribution >= 0.6 is 0 Å². The third kappa shape index (κ3) is 3.39. The summed E-state index contributed by atoms with van der Waals surface area (Å²) in [5.41, 5.74) is 0. The number of hydrogen-bond donors (Lipinski definition) is 0. The molecule has 0 unspecified atom stereocenters. The number of alkyl halides is 3. The number of rotatable bonds is 3. The molecule has 0 saturated heterocycles. The maximum absolute atomic E-state index is 12.4. The fraction of sp³-hybridized carbons (Fsp3) is 0.909. The zero-order chi connectivity index (χ0) is 12.2. The highest BCUT2D eigenvalue weighted by molar-refractivity contribution is 5.82. The van der Waals surface area contributed by atoms with Gasteiger partial charge in [0.2, 0.25) is 0 Å². The maximum Gasteiger partial charge on any atom is 0.471 e. The summed E-state index contributed by atoms with van der Waals surface area (Å²) >= 11 is 0. The van der Waals surface area contributed by atoms with Gasteiger partial charge in [0.1, 0.15) is 0 Å². The second-order valence-corrected chi connectivity index (χ2v) is 4.29. The topological polar surface area (TPSA) is 20.3 Å². The Morgan fingerprint density at radius 1 is 1.25 bits per heavy atom. The van der Waals surface area contributed by atoms with Gasteiger partial charge in [-0.15, -0.1) is 0 Å². The lowest BCUT2D eigenvalue weighted by molar-refractivity contribution is -0.188. The van der Waals surface area contributed by atoms with Crippen LogP contribution in [0.25, 0.3) is 0 Å². The summed E-state index contributed by atoms with van der Waals surface area (Å²) in [5.74, 6) is -1.67. The molecule has 0 radical (unpaired) electrons. The highest BCUT2D eigenvalue weighted by atomic mass is 19.4. The van der Waals surface area contributed by atoms with Crippen LogP contribution in [-0.4, -0.2) is 29.6 Å². The maximum atomic E-state index is 12.4. The van der Waals surface area contributed by atoms with Gasteiger partial charge in [0.05, 0.1) is 0 Å². The molecule has 0 aromatic rings. The predicted octanol–water partition coefficient (Wildman–Crippen LogP) is 3.12. The van der Waals surface area contributed by atoms with Gasteiger partial charge in [0, 0.05) is 12.6 Å². The van der Waals surface area contributed by atoms with E-state index in [0.29, 0.717) is 19.3 Å². The average molecular weight is 237 g/mol. The van der Waals surface area contributed by atoms with Crippen molar-refractivity contribution in [2.24, 2.45) is 0 Å². The second kappa shape index (κ2) is 5.55. The highest BCUT2D eigenvalue weighted by Crippen LogP contribution is 2.27. The number of nitrogens with zero attached hydrogens (tertiary/aromatic N) is 1. The lowest BCUT2D eigenvalue weighted by Gasteiger charge is -2.34. The first kappa shape index (κ1) is 13.3. The van der Waals surface area contributed by atoms with Crippen LogP contribution in [0.5, 0.6) is 0 Å². The summed E-state index contributed by atoms with van der Waals surface area (Å²) in [6, 6.07) is -0.206. The van der Waals surface area contributed by atoms with E-state index in [2.05, 4.69) is 0 Å². The van der Waals surface area contributed by atoms with Crippen LogP contribution in [0.2, 0.25) is 0 Å². The third-order valence-electron chi connectivity index (χ3n) is 2.98. The number of carbonyl (C=O) groups excluding carboxylic acids is 1. The van der Waals surface area contributed by atoms with Crippen LogP contribution in [0.3, 0.4) is 0 Å². The van der Waals surface area contributed by atoms with Crippen molar-refractivity contribution in [3.63, 3.8) is 0 Å². The Kier molecular flexibility index (Phi) is 4.62. The van der Waals surface area contributed by atoms with E-state index >= 15 is 0 Å². The fourth-order valence-corrected chi connectivity index (χ4v) is 2.25. The Bertz CT molecular complexity index is 234. The van der Waals surface area contributed by atoms with Gasteiger partial charge in [-0.2, -0.15) is 13.2 Å². The molecule has 16 heavy (non-hydrogen) atoms. The van der Waals surface area contributed by atoms with Crippen molar-refractivity contribution in [2.45, 2.75) is 57.7 Å². The Morgan fingerprint density at radius 3 is 2.25 bits per heavy atom. The summed E-state index contributed by atoms with van der Waals surface area (Å²) in [4.78, 5) is 12.3. The smallest absolute Gasteiger partial charge is 0.332 e. The first-order valence-corrected chi connectivity index (χ1v) is 5.84.